The molecule has 1 aromatic rings. The van der Waals surface area contributed by atoms with E-state index in [0.29, 0.717) is 13.0 Å². The molecule has 21 heavy (non-hydrogen) atoms. The molecule has 0 saturated carbocycles. The van der Waals surface area contributed by atoms with Crippen LogP contribution in [0.1, 0.15) is 18.9 Å². The number of carboxylic acid groups (broad SMARTS) is 1. The minimum absolute atomic E-state index is 0.0439. The molecule has 1 rings (SSSR count). The third kappa shape index (κ3) is 5.83. The average molecular weight is 295 g/mol. The van der Waals surface area contributed by atoms with Crippen molar-refractivity contribution >= 4 is 11.9 Å². The van der Waals surface area contributed by atoms with E-state index in [2.05, 4.69) is 5.32 Å². The maximum Gasteiger partial charge on any atom is 0.334 e. The Morgan fingerprint density at radius 2 is 2.05 bits per heavy atom. The number of aryl methyl sites for hydroxylation is 1. The minimum atomic E-state index is -1.10. The fourth-order valence-corrected chi connectivity index (χ4v) is 1.82. The van der Waals surface area contributed by atoms with E-state index >= 15 is 0 Å². The largest absolute Gasteiger partial charge is 0.494 e. The van der Waals surface area contributed by atoms with E-state index in [1.807, 2.05) is 31.2 Å². The third-order valence-corrected chi connectivity index (χ3v) is 2.94. The van der Waals surface area contributed by atoms with E-state index in [1.165, 1.54) is 7.11 Å². The molecular weight excluding hydrogens is 274 g/mol. The lowest BCUT2D eigenvalue weighted by Gasteiger charge is -2.12. The number of aliphatic carboxylic acids is 1. The molecular formula is C15H21NO5. The first-order valence-electron chi connectivity index (χ1n) is 6.81. The highest BCUT2D eigenvalue weighted by atomic mass is 16.5. The molecule has 0 bridgehead atoms. The summed E-state index contributed by atoms with van der Waals surface area (Å²) in [6.07, 6.45) is -0.225. The van der Waals surface area contributed by atoms with Gasteiger partial charge in [0, 0.05) is 13.5 Å². The number of hydrogen-bond acceptors (Lipinski definition) is 4. The predicted octanol–water partition coefficient (Wildman–Crippen LogP) is 1.23. The van der Waals surface area contributed by atoms with Crippen LogP contribution in [0.4, 0.5) is 0 Å². The van der Waals surface area contributed by atoms with Crippen LogP contribution >= 0.6 is 0 Å². The molecule has 6 heteroatoms. The zero-order valence-electron chi connectivity index (χ0n) is 12.3. The second-order valence-corrected chi connectivity index (χ2v) is 4.41. The van der Waals surface area contributed by atoms with Crippen LogP contribution in [-0.4, -0.2) is 43.3 Å². The average Bonchev–Trinajstić information content (AvgIpc) is 2.47. The lowest BCUT2D eigenvalue weighted by atomic mass is 10.1. The topological polar surface area (TPSA) is 84.9 Å². The summed E-state index contributed by atoms with van der Waals surface area (Å²) >= 11 is 0. The first kappa shape index (κ1) is 17.0. The van der Waals surface area contributed by atoms with Crippen LogP contribution in [0.15, 0.2) is 24.3 Å². The molecule has 1 aromatic carbocycles. The highest BCUT2D eigenvalue weighted by Gasteiger charge is 2.17. The van der Waals surface area contributed by atoms with E-state index < -0.39 is 12.1 Å². The van der Waals surface area contributed by atoms with Gasteiger partial charge in [-0.2, -0.15) is 0 Å². The Morgan fingerprint density at radius 3 is 2.67 bits per heavy atom. The van der Waals surface area contributed by atoms with Gasteiger partial charge in [-0.15, -0.1) is 0 Å². The molecule has 0 aliphatic heterocycles. The van der Waals surface area contributed by atoms with Gasteiger partial charge in [-0.25, -0.2) is 4.79 Å². The fraction of sp³-hybridized carbons (Fsp3) is 0.467. The van der Waals surface area contributed by atoms with Crippen LogP contribution in [-0.2, 0) is 20.7 Å². The zero-order chi connectivity index (χ0) is 15.7. The Kier molecular flexibility index (Phi) is 7.25. The molecule has 0 radical (unpaired) electrons. The monoisotopic (exact) mass is 295 g/mol. The van der Waals surface area contributed by atoms with Crippen molar-refractivity contribution in [3.63, 3.8) is 0 Å². The fourth-order valence-electron chi connectivity index (χ4n) is 1.82. The Hall–Kier alpha value is -2.08. The summed E-state index contributed by atoms with van der Waals surface area (Å²) in [5.74, 6) is -0.544. The quantitative estimate of drug-likeness (QED) is 0.716. The molecule has 0 heterocycles. The van der Waals surface area contributed by atoms with E-state index in [4.69, 9.17) is 14.6 Å². The zero-order valence-corrected chi connectivity index (χ0v) is 12.3. The van der Waals surface area contributed by atoms with Gasteiger partial charge in [0.2, 0.25) is 5.91 Å². The number of amides is 1. The van der Waals surface area contributed by atoms with Crippen molar-refractivity contribution in [2.24, 2.45) is 0 Å². The third-order valence-electron chi connectivity index (χ3n) is 2.94. The van der Waals surface area contributed by atoms with Crippen LogP contribution in [0.25, 0.3) is 0 Å². The smallest absolute Gasteiger partial charge is 0.334 e. The summed E-state index contributed by atoms with van der Waals surface area (Å²) in [5.41, 5.74) is 0.955. The van der Waals surface area contributed by atoms with E-state index in [1.54, 1.807) is 0 Å². The lowest BCUT2D eigenvalue weighted by Crippen LogP contribution is -2.37. The SMILES string of the molecule is CCOc1ccccc1CCC(=O)NCC(OC)C(=O)O. The van der Waals surface area contributed by atoms with Gasteiger partial charge in [0.05, 0.1) is 13.2 Å². The molecule has 0 spiro atoms. The predicted molar refractivity (Wildman–Crippen MR) is 77.4 cm³/mol. The van der Waals surface area contributed by atoms with Crippen molar-refractivity contribution in [3.05, 3.63) is 29.8 Å². The molecule has 6 nitrogen and oxygen atoms in total. The summed E-state index contributed by atoms with van der Waals surface area (Å²) in [6.45, 7) is 2.43. The van der Waals surface area contributed by atoms with Crippen LogP contribution in [0.5, 0.6) is 5.75 Å². The van der Waals surface area contributed by atoms with Gasteiger partial charge in [0.1, 0.15) is 5.75 Å². The van der Waals surface area contributed by atoms with Gasteiger partial charge in [0.15, 0.2) is 6.10 Å². The first-order chi connectivity index (χ1) is 10.1. The summed E-state index contributed by atoms with van der Waals surface area (Å²) in [6, 6.07) is 7.54. The van der Waals surface area contributed by atoms with Gasteiger partial charge in [-0.3, -0.25) is 4.79 Å². The van der Waals surface area contributed by atoms with Crippen LogP contribution in [0, 0.1) is 0 Å². The Bertz CT molecular complexity index is 475. The molecule has 0 aromatic heterocycles. The molecule has 0 aliphatic rings. The van der Waals surface area contributed by atoms with Crippen molar-refractivity contribution in [2.45, 2.75) is 25.9 Å². The standard InChI is InChI=1S/C15H21NO5/c1-3-21-12-7-5-4-6-11(12)8-9-14(17)16-10-13(20-2)15(18)19/h4-7,13H,3,8-10H2,1-2H3,(H,16,17)(H,18,19). The van der Waals surface area contributed by atoms with Crippen molar-refractivity contribution in [2.75, 3.05) is 20.3 Å². The van der Waals surface area contributed by atoms with E-state index in [0.717, 1.165) is 11.3 Å². The summed E-state index contributed by atoms with van der Waals surface area (Å²) in [4.78, 5) is 22.5. The molecule has 1 atom stereocenters. The summed E-state index contributed by atoms with van der Waals surface area (Å²) < 4.78 is 10.2. The van der Waals surface area contributed by atoms with Gasteiger partial charge in [-0.05, 0) is 25.0 Å². The molecule has 0 saturated heterocycles. The highest BCUT2D eigenvalue weighted by Crippen LogP contribution is 2.19. The lowest BCUT2D eigenvalue weighted by molar-refractivity contribution is -0.148. The Balaban J connectivity index is 2.44. The number of carboxylic acids is 1. The number of methoxy groups -OCH3 is 1. The molecule has 2 N–H and O–H groups in total. The van der Waals surface area contributed by atoms with Crippen molar-refractivity contribution in [1.82, 2.24) is 5.32 Å². The molecule has 0 fully saturated rings. The summed E-state index contributed by atoms with van der Waals surface area (Å²) in [7, 11) is 1.29. The van der Waals surface area contributed by atoms with E-state index in [9.17, 15) is 9.59 Å². The number of para-hydroxylation sites is 1. The minimum Gasteiger partial charge on any atom is -0.494 e. The van der Waals surface area contributed by atoms with Gasteiger partial charge in [-0.1, -0.05) is 18.2 Å². The molecule has 0 aliphatic carbocycles. The van der Waals surface area contributed by atoms with Crippen LogP contribution in [0.2, 0.25) is 0 Å². The number of carbonyl (C=O) groups is 2. The number of nitrogens with one attached hydrogen (secondary N) is 1. The van der Waals surface area contributed by atoms with Crippen molar-refractivity contribution in [1.29, 1.82) is 0 Å². The van der Waals surface area contributed by atoms with Crippen molar-refractivity contribution < 1.29 is 24.2 Å². The number of benzene rings is 1. The number of hydrogen-bond donors (Lipinski definition) is 2. The maximum absolute atomic E-state index is 11.7. The Labute approximate surface area is 124 Å². The number of rotatable bonds is 9. The van der Waals surface area contributed by atoms with Crippen LogP contribution in [0.3, 0.4) is 0 Å². The highest BCUT2D eigenvalue weighted by molar-refractivity contribution is 5.78. The maximum atomic E-state index is 11.7. The molecule has 1 amide bonds. The van der Waals surface area contributed by atoms with Gasteiger partial charge < -0.3 is 19.9 Å². The van der Waals surface area contributed by atoms with Gasteiger partial charge in [0.25, 0.3) is 0 Å². The number of ether oxygens (including phenoxy) is 2. The van der Waals surface area contributed by atoms with Crippen LogP contribution < -0.4 is 10.1 Å². The van der Waals surface area contributed by atoms with Gasteiger partial charge >= 0.3 is 5.97 Å². The second-order valence-electron chi connectivity index (χ2n) is 4.41. The van der Waals surface area contributed by atoms with Crippen molar-refractivity contribution in [3.8, 4) is 5.75 Å². The normalized spacial score (nSPS) is 11.7. The molecule has 116 valence electrons. The first-order valence-corrected chi connectivity index (χ1v) is 6.81. The summed E-state index contributed by atoms with van der Waals surface area (Å²) in [5, 5.41) is 11.3. The number of carbonyl (C=O) groups excluding carboxylic acids is 1. The Morgan fingerprint density at radius 1 is 1.33 bits per heavy atom. The molecule has 1 unspecified atom stereocenters. The van der Waals surface area contributed by atoms with E-state index in [-0.39, 0.29) is 18.9 Å². The second kappa shape index (κ2) is 8.97.